The van der Waals surface area contributed by atoms with Gasteiger partial charge in [0.15, 0.2) is 0 Å². The van der Waals surface area contributed by atoms with Crippen molar-refractivity contribution in [2.75, 3.05) is 0 Å². The van der Waals surface area contributed by atoms with Crippen LogP contribution in [-0.2, 0) is 11.4 Å². The van der Waals surface area contributed by atoms with E-state index >= 15 is 0 Å². The molecule has 3 nitrogen and oxygen atoms in total. The van der Waals surface area contributed by atoms with Crippen LogP contribution in [0.15, 0.2) is 24.3 Å². The maximum absolute atomic E-state index is 11.8. The number of nitrogens with two attached hydrogens (primary N) is 1. The molecule has 1 aromatic carbocycles. The standard InChI is InChI=1S/C8H9F2NO2.ClH/c9-8(10)13-7-4-2-1-3-6(7)5-12-11;/h1-4,8H,5,11H2;1H. The topological polar surface area (TPSA) is 44.5 Å². The average Bonchev–Trinajstić information content (AvgIpc) is 2.08. The van der Waals surface area contributed by atoms with Gasteiger partial charge >= 0.3 is 6.61 Å². The van der Waals surface area contributed by atoms with E-state index in [0.717, 1.165) is 0 Å². The van der Waals surface area contributed by atoms with E-state index in [1.807, 2.05) is 0 Å². The molecule has 0 bridgehead atoms. The predicted molar refractivity (Wildman–Crippen MR) is 49.3 cm³/mol. The van der Waals surface area contributed by atoms with E-state index in [-0.39, 0.29) is 24.8 Å². The lowest BCUT2D eigenvalue weighted by atomic mass is 10.2. The maximum Gasteiger partial charge on any atom is 0.387 e. The van der Waals surface area contributed by atoms with Gasteiger partial charge in [-0.3, -0.25) is 4.84 Å². The van der Waals surface area contributed by atoms with Crippen molar-refractivity contribution in [2.45, 2.75) is 13.2 Å². The van der Waals surface area contributed by atoms with Gasteiger partial charge in [-0.05, 0) is 6.07 Å². The van der Waals surface area contributed by atoms with E-state index in [0.29, 0.717) is 5.56 Å². The molecular weight excluding hydrogens is 216 g/mol. The summed E-state index contributed by atoms with van der Waals surface area (Å²) < 4.78 is 27.9. The number of para-hydroxylation sites is 1. The highest BCUT2D eigenvalue weighted by molar-refractivity contribution is 5.85. The number of rotatable bonds is 4. The second-order valence-corrected chi connectivity index (χ2v) is 2.30. The first-order valence-electron chi connectivity index (χ1n) is 3.58. The van der Waals surface area contributed by atoms with Gasteiger partial charge in [-0.2, -0.15) is 8.78 Å². The average molecular weight is 226 g/mol. The third-order valence-electron chi connectivity index (χ3n) is 1.43. The summed E-state index contributed by atoms with van der Waals surface area (Å²) >= 11 is 0. The van der Waals surface area contributed by atoms with Crippen LogP contribution in [-0.4, -0.2) is 6.61 Å². The second kappa shape index (κ2) is 6.53. The molecule has 6 heteroatoms. The molecule has 0 amide bonds. The van der Waals surface area contributed by atoms with Gasteiger partial charge in [0.1, 0.15) is 5.75 Å². The van der Waals surface area contributed by atoms with Gasteiger partial charge in [-0.15, -0.1) is 12.4 Å². The summed E-state index contributed by atoms with van der Waals surface area (Å²) in [5.41, 5.74) is 0.491. The second-order valence-electron chi connectivity index (χ2n) is 2.30. The Bertz CT molecular complexity index is 273. The molecule has 0 spiro atoms. The summed E-state index contributed by atoms with van der Waals surface area (Å²) in [5.74, 6) is 4.90. The minimum absolute atomic E-state index is 0. The summed E-state index contributed by atoms with van der Waals surface area (Å²) in [6.45, 7) is -2.79. The van der Waals surface area contributed by atoms with Crippen molar-refractivity contribution >= 4 is 12.4 Å². The van der Waals surface area contributed by atoms with Gasteiger partial charge < -0.3 is 4.74 Å². The van der Waals surface area contributed by atoms with E-state index in [1.54, 1.807) is 18.2 Å². The van der Waals surface area contributed by atoms with Crippen molar-refractivity contribution in [2.24, 2.45) is 5.90 Å². The molecule has 0 saturated heterocycles. The summed E-state index contributed by atoms with van der Waals surface area (Å²) in [6.07, 6.45) is 0. The Labute approximate surface area is 86.2 Å². The van der Waals surface area contributed by atoms with Gasteiger partial charge in [-0.25, -0.2) is 5.90 Å². The van der Waals surface area contributed by atoms with Crippen LogP contribution < -0.4 is 10.6 Å². The van der Waals surface area contributed by atoms with Gasteiger partial charge in [0.25, 0.3) is 0 Å². The number of benzene rings is 1. The molecule has 2 N–H and O–H groups in total. The van der Waals surface area contributed by atoms with Crippen LogP contribution in [0.3, 0.4) is 0 Å². The largest absolute Gasteiger partial charge is 0.434 e. The summed E-state index contributed by atoms with van der Waals surface area (Å²) in [6, 6.07) is 6.31. The van der Waals surface area contributed by atoms with E-state index in [2.05, 4.69) is 9.57 Å². The van der Waals surface area contributed by atoms with Crippen LogP contribution in [0, 0.1) is 0 Å². The Hall–Kier alpha value is -0.910. The minimum Gasteiger partial charge on any atom is -0.434 e. The van der Waals surface area contributed by atoms with Crippen LogP contribution in [0.2, 0.25) is 0 Å². The Kier molecular flexibility index (Phi) is 6.11. The van der Waals surface area contributed by atoms with E-state index in [1.165, 1.54) is 6.07 Å². The Balaban J connectivity index is 0.00000169. The van der Waals surface area contributed by atoms with Crippen molar-refractivity contribution in [1.82, 2.24) is 0 Å². The molecule has 0 fully saturated rings. The molecule has 1 aromatic rings. The number of ether oxygens (including phenoxy) is 1. The van der Waals surface area contributed by atoms with E-state index in [4.69, 9.17) is 5.90 Å². The lowest BCUT2D eigenvalue weighted by Crippen LogP contribution is -2.06. The summed E-state index contributed by atoms with van der Waals surface area (Å²) in [4.78, 5) is 4.33. The molecular formula is C8H10ClF2NO2. The molecule has 80 valence electrons. The molecule has 0 atom stereocenters. The number of halogens is 3. The number of hydrogen-bond donors (Lipinski definition) is 1. The molecule has 0 aliphatic carbocycles. The maximum atomic E-state index is 11.8. The first-order valence-corrected chi connectivity index (χ1v) is 3.58. The highest BCUT2D eigenvalue weighted by Crippen LogP contribution is 2.20. The van der Waals surface area contributed by atoms with Gasteiger partial charge in [0.05, 0.1) is 6.61 Å². The normalized spacial score (nSPS) is 9.71. The first-order chi connectivity index (χ1) is 6.24. The van der Waals surface area contributed by atoms with E-state index in [9.17, 15) is 8.78 Å². The first kappa shape index (κ1) is 13.1. The lowest BCUT2D eigenvalue weighted by Gasteiger charge is -2.08. The molecule has 0 saturated carbocycles. The molecule has 0 aliphatic heterocycles. The van der Waals surface area contributed by atoms with Crippen molar-refractivity contribution in [3.8, 4) is 5.75 Å². The van der Waals surface area contributed by atoms with Crippen LogP contribution in [0.25, 0.3) is 0 Å². The van der Waals surface area contributed by atoms with Gasteiger partial charge in [0.2, 0.25) is 0 Å². The fraction of sp³-hybridized carbons (Fsp3) is 0.250. The van der Waals surface area contributed by atoms with Gasteiger partial charge in [-0.1, -0.05) is 18.2 Å². The number of alkyl halides is 2. The smallest absolute Gasteiger partial charge is 0.387 e. The van der Waals surface area contributed by atoms with Crippen LogP contribution in [0.5, 0.6) is 5.75 Å². The third-order valence-corrected chi connectivity index (χ3v) is 1.43. The Morgan fingerprint density at radius 2 is 1.93 bits per heavy atom. The Morgan fingerprint density at radius 1 is 1.29 bits per heavy atom. The molecule has 1 rings (SSSR count). The van der Waals surface area contributed by atoms with Crippen LogP contribution >= 0.6 is 12.4 Å². The molecule has 14 heavy (non-hydrogen) atoms. The monoisotopic (exact) mass is 225 g/mol. The summed E-state index contributed by atoms with van der Waals surface area (Å²) in [5, 5.41) is 0. The zero-order valence-electron chi connectivity index (χ0n) is 7.15. The van der Waals surface area contributed by atoms with Crippen molar-refractivity contribution in [1.29, 1.82) is 0 Å². The quantitative estimate of drug-likeness (QED) is 0.799. The molecule has 0 unspecified atom stereocenters. The number of hydrogen-bond acceptors (Lipinski definition) is 3. The molecule has 0 aliphatic rings. The van der Waals surface area contributed by atoms with Crippen LogP contribution in [0.4, 0.5) is 8.78 Å². The van der Waals surface area contributed by atoms with Crippen molar-refractivity contribution < 1.29 is 18.4 Å². The van der Waals surface area contributed by atoms with E-state index < -0.39 is 6.61 Å². The zero-order chi connectivity index (χ0) is 9.68. The Morgan fingerprint density at radius 3 is 2.50 bits per heavy atom. The third kappa shape index (κ3) is 3.87. The lowest BCUT2D eigenvalue weighted by molar-refractivity contribution is -0.0514. The fourth-order valence-electron chi connectivity index (χ4n) is 0.924. The van der Waals surface area contributed by atoms with Crippen molar-refractivity contribution in [3.05, 3.63) is 29.8 Å². The highest BCUT2D eigenvalue weighted by Gasteiger charge is 2.08. The SMILES string of the molecule is Cl.NOCc1ccccc1OC(F)F. The van der Waals surface area contributed by atoms with Crippen molar-refractivity contribution in [3.63, 3.8) is 0 Å². The van der Waals surface area contributed by atoms with Gasteiger partial charge in [0, 0.05) is 5.56 Å². The van der Waals surface area contributed by atoms with Crippen LogP contribution in [0.1, 0.15) is 5.56 Å². The molecule has 0 heterocycles. The molecule has 0 aromatic heterocycles. The predicted octanol–water partition coefficient (Wildman–Crippen LogP) is 2.10. The minimum atomic E-state index is -2.83. The zero-order valence-corrected chi connectivity index (χ0v) is 7.97. The molecule has 0 radical (unpaired) electrons. The fourth-order valence-corrected chi connectivity index (χ4v) is 0.924. The summed E-state index contributed by atoms with van der Waals surface area (Å²) in [7, 11) is 0. The highest BCUT2D eigenvalue weighted by atomic mass is 35.5.